The standard InChI is InChI=1S/C25H37FN2O7/c1-24(2,3)35-23(32)27(6)19(16-25(4,5)26)22(31)34-20(21(29)30)15-17-7-9-18(10-8-17)28-11-13-33-14-12-28/h7-10,19-20H,11-16H2,1-6H3,(H,29,30). The third kappa shape index (κ3) is 9.35. The first kappa shape index (κ1) is 28.4. The van der Waals surface area contributed by atoms with Crippen LogP contribution >= 0.6 is 0 Å². The predicted octanol–water partition coefficient (Wildman–Crippen LogP) is 3.44. The summed E-state index contributed by atoms with van der Waals surface area (Å²) in [5, 5.41) is 9.68. The molecule has 1 aromatic rings. The van der Waals surface area contributed by atoms with Crippen molar-refractivity contribution in [1.29, 1.82) is 0 Å². The van der Waals surface area contributed by atoms with E-state index in [9.17, 15) is 23.9 Å². The van der Waals surface area contributed by atoms with Crippen LogP contribution in [0, 0.1) is 0 Å². The zero-order chi connectivity index (χ0) is 26.4. The van der Waals surface area contributed by atoms with Gasteiger partial charge in [0.25, 0.3) is 0 Å². The first-order valence-electron chi connectivity index (χ1n) is 11.7. The lowest BCUT2D eigenvalue weighted by atomic mass is 10.00. The number of anilines is 1. The zero-order valence-corrected chi connectivity index (χ0v) is 21.4. The molecule has 0 aliphatic carbocycles. The summed E-state index contributed by atoms with van der Waals surface area (Å²) < 4.78 is 30.4. The van der Waals surface area contributed by atoms with E-state index in [1.54, 1.807) is 32.9 Å². The van der Waals surface area contributed by atoms with E-state index in [0.717, 1.165) is 23.7 Å². The van der Waals surface area contributed by atoms with Gasteiger partial charge in [-0.15, -0.1) is 0 Å². The fraction of sp³-hybridized carbons (Fsp3) is 0.640. The molecule has 196 valence electrons. The highest BCUT2D eigenvalue weighted by Gasteiger charge is 2.38. The molecule has 1 N–H and O–H groups in total. The molecule has 2 atom stereocenters. The van der Waals surface area contributed by atoms with E-state index in [0.29, 0.717) is 18.8 Å². The zero-order valence-electron chi connectivity index (χ0n) is 21.4. The van der Waals surface area contributed by atoms with E-state index in [2.05, 4.69) is 4.90 Å². The molecule has 0 radical (unpaired) electrons. The van der Waals surface area contributed by atoms with E-state index < -0.39 is 41.4 Å². The van der Waals surface area contributed by atoms with E-state index in [4.69, 9.17) is 14.2 Å². The topological polar surface area (TPSA) is 106 Å². The third-order valence-corrected chi connectivity index (χ3v) is 5.37. The molecular formula is C25H37FN2O7. The number of amides is 1. The van der Waals surface area contributed by atoms with Crippen LogP contribution < -0.4 is 4.90 Å². The fourth-order valence-corrected chi connectivity index (χ4v) is 3.58. The Morgan fingerprint density at radius 2 is 1.69 bits per heavy atom. The summed E-state index contributed by atoms with van der Waals surface area (Å²) in [6.45, 7) is 10.4. The number of carboxylic acid groups (broad SMARTS) is 1. The molecule has 1 heterocycles. The van der Waals surface area contributed by atoms with E-state index in [1.165, 1.54) is 20.9 Å². The number of carbonyl (C=O) groups excluding carboxylic acids is 2. The molecule has 10 heteroatoms. The number of hydrogen-bond acceptors (Lipinski definition) is 7. The first-order chi connectivity index (χ1) is 16.2. The monoisotopic (exact) mass is 496 g/mol. The number of halogens is 1. The van der Waals surface area contributed by atoms with Crippen LogP contribution in [0.25, 0.3) is 0 Å². The molecular weight excluding hydrogens is 459 g/mol. The highest BCUT2D eigenvalue weighted by atomic mass is 19.1. The van der Waals surface area contributed by atoms with E-state index in [1.807, 2.05) is 12.1 Å². The van der Waals surface area contributed by atoms with Gasteiger partial charge in [0.1, 0.15) is 17.3 Å². The van der Waals surface area contributed by atoms with Crippen LogP contribution in [0.2, 0.25) is 0 Å². The molecule has 1 aromatic carbocycles. The number of rotatable bonds is 9. The van der Waals surface area contributed by atoms with Crippen molar-refractivity contribution >= 4 is 23.7 Å². The highest BCUT2D eigenvalue weighted by Crippen LogP contribution is 2.23. The minimum atomic E-state index is -1.83. The Morgan fingerprint density at radius 1 is 1.11 bits per heavy atom. The maximum absolute atomic E-state index is 14.5. The number of aliphatic carboxylic acids is 1. The number of carboxylic acids is 1. The lowest BCUT2D eigenvalue weighted by Gasteiger charge is -2.32. The molecule has 1 amide bonds. The Balaban J connectivity index is 2.13. The molecule has 0 saturated carbocycles. The number of morpholine rings is 1. The van der Waals surface area contributed by atoms with Crippen molar-refractivity contribution in [3.63, 3.8) is 0 Å². The van der Waals surface area contributed by atoms with Crippen molar-refractivity contribution in [3.05, 3.63) is 29.8 Å². The third-order valence-electron chi connectivity index (χ3n) is 5.37. The van der Waals surface area contributed by atoms with Gasteiger partial charge < -0.3 is 24.2 Å². The summed E-state index contributed by atoms with van der Waals surface area (Å²) in [4.78, 5) is 40.5. The van der Waals surface area contributed by atoms with Crippen LogP contribution in [0.5, 0.6) is 0 Å². The van der Waals surface area contributed by atoms with Gasteiger partial charge in [0, 0.05) is 38.7 Å². The summed E-state index contributed by atoms with van der Waals surface area (Å²) >= 11 is 0. The predicted molar refractivity (Wildman–Crippen MR) is 128 cm³/mol. The fourth-order valence-electron chi connectivity index (χ4n) is 3.58. The second kappa shape index (κ2) is 11.7. The SMILES string of the molecule is CN(C(=O)OC(C)(C)C)C(CC(C)(C)F)C(=O)OC(Cc1ccc(N2CCOCC2)cc1)C(=O)O. The van der Waals surface area contributed by atoms with Crippen LogP contribution in [0.1, 0.15) is 46.6 Å². The van der Waals surface area contributed by atoms with Gasteiger partial charge in [0.2, 0.25) is 6.10 Å². The van der Waals surface area contributed by atoms with Gasteiger partial charge >= 0.3 is 18.0 Å². The average Bonchev–Trinajstić information content (AvgIpc) is 2.75. The van der Waals surface area contributed by atoms with Crippen molar-refractivity contribution < 1.29 is 38.1 Å². The molecule has 0 bridgehead atoms. The van der Waals surface area contributed by atoms with Crippen LogP contribution in [0.15, 0.2) is 24.3 Å². The molecule has 1 aliphatic rings. The Labute approximate surface area is 206 Å². The van der Waals surface area contributed by atoms with Crippen molar-refractivity contribution in [3.8, 4) is 0 Å². The Bertz CT molecular complexity index is 871. The molecule has 1 saturated heterocycles. The first-order valence-corrected chi connectivity index (χ1v) is 11.7. The van der Waals surface area contributed by atoms with Crippen molar-refractivity contribution in [2.75, 3.05) is 38.3 Å². The van der Waals surface area contributed by atoms with Crippen LogP contribution in [-0.2, 0) is 30.2 Å². The minimum absolute atomic E-state index is 0.0770. The number of ether oxygens (including phenoxy) is 3. The highest BCUT2D eigenvalue weighted by molar-refractivity contribution is 5.84. The Kier molecular flexibility index (Phi) is 9.48. The largest absolute Gasteiger partial charge is 0.478 e. The summed E-state index contributed by atoms with van der Waals surface area (Å²) in [5.41, 5.74) is -1.01. The number of benzene rings is 1. The number of nitrogens with zero attached hydrogens (tertiary/aromatic N) is 2. The molecule has 0 spiro atoms. The quantitative estimate of drug-likeness (QED) is 0.519. The van der Waals surface area contributed by atoms with Gasteiger partial charge in [-0.1, -0.05) is 12.1 Å². The summed E-state index contributed by atoms with van der Waals surface area (Å²) in [5.74, 6) is -2.35. The lowest BCUT2D eigenvalue weighted by Crippen LogP contribution is -2.49. The lowest BCUT2D eigenvalue weighted by molar-refractivity contribution is -0.168. The number of carbonyl (C=O) groups is 3. The number of hydrogen-bond donors (Lipinski definition) is 1. The second-order valence-electron chi connectivity index (χ2n) is 10.3. The second-order valence-corrected chi connectivity index (χ2v) is 10.3. The van der Waals surface area contributed by atoms with Crippen LogP contribution in [0.3, 0.4) is 0 Å². The van der Waals surface area contributed by atoms with E-state index in [-0.39, 0.29) is 12.8 Å². The van der Waals surface area contributed by atoms with Crippen LogP contribution in [-0.4, -0.2) is 84.8 Å². The van der Waals surface area contributed by atoms with Crippen molar-refractivity contribution in [2.24, 2.45) is 0 Å². The average molecular weight is 497 g/mol. The molecule has 35 heavy (non-hydrogen) atoms. The summed E-state index contributed by atoms with van der Waals surface area (Å²) in [6.07, 6.45) is -2.81. The number of alkyl halides is 1. The van der Waals surface area contributed by atoms with Gasteiger partial charge in [0.05, 0.1) is 13.2 Å². The summed E-state index contributed by atoms with van der Waals surface area (Å²) in [6, 6.07) is 5.96. The molecule has 9 nitrogen and oxygen atoms in total. The maximum atomic E-state index is 14.5. The van der Waals surface area contributed by atoms with Crippen molar-refractivity contribution in [2.45, 2.75) is 70.9 Å². The van der Waals surface area contributed by atoms with Gasteiger partial charge in [-0.3, -0.25) is 4.90 Å². The summed E-state index contributed by atoms with van der Waals surface area (Å²) in [7, 11) is 1.30. The molecule has 0 aromatic heterocycles. The smallest absolute Gasteiger partial charge is 0.410 e. The normalized spacial score (nSPS) is 16.3. The molecule has 1 aliphatic heterocycles. The molecule has 1 fully saturated rings. The number of esters is 1. The van der Waals surface area contributed by atoms with Crippen LogP contribution in [0.4, 0.5) is 14.9 Å². The Morgan fingerprint density at radius 3 is 2.17 bits per heavy atom. The van der Waals surface area contributed by atoms with Gasteiger partial charge in [-0.2, -0.15) is 0 Å². The Hall–Kier alpha value is -2.88. The number of likely N-dealkylation sites (N-methyl/N-ethyl adjacent to an activating group) is 1. The minimum Gasteiger partial charge on any atom is -0.478 e. The van der Waals surface area contributed by atoms with Gasteiger partial charge in [-0.05, 0) is 52.3 Å². The van der Waals surface area contributed by atoms with Gasteiger partial charge in [-0.25, -0.2) is 18.8 Å². The van der Waals surface area contributed by atoms with E-state index >= 15 is 0 Å². The maximum Gasteiger partial charge on any atom is 0.410 e. The van der Waals surface area contributed by atoms with Gasteiger partial charge in [0.15, 0.2) is 0 Å². The molecule has 2 rings (SSSR count). The molecule has 2 unspecified atom stereocenters. The van der Waals surface area contributed by atoms with Crippen molar-refractivity contribution in [1.82, 2.24) is 4.90 Å².